The maximum atomic E-state index is 11.8. The van der Waals surface area contributed by atoms with Gasteiger partial charge < -0.3 is 5.11 Å². The summed E-state index contributed by atoms with van der Waals surface area (Å²) in [7, 11) is 0. The molecule has 1 N–H and O–H groups in total. The molecule has 0 bridgehead atoms. The van der Waals surface area contributed by atoms with Crippen molar-refractivity contribution in [1.29, 1.82) is 0 Å². The lowest BCUT2D eigenvalue weighted by Crippen LogP contribution is -2.17. The molecule has 1 aliphatic carbocycles. The van der Waals surface area contributed by atoms with Gasteiger partial charge in [0, 0.05) is 18.3 Å². The highest BCUT2D eigenvalue weighted by Gasteiger charge is 2.38. The van der Waals surface area contributed by atoms with E-state index in [2.05, 4.69) is 19.1 Å². The monoisotopic (exact) mass is 264 g/mol. The van der Waals surface area contributed by atoms with Gasteiger partial charge in [-0.05, 0) is 26.2 Å². The Labute approximate surface area is 117 Å². The van der Waals surface area contributed by atoms with E-state index in [1.54, 1.807) is 0 Å². The van der Waals surface area contributed by atoms with Gasteiger partial charge in [-0.15, -0.1) is 0 Å². The molecule has 0 aliphatic heterocycles. The maximum Gasteiger partial charge on any atom is 0.139 e. The summed E-state index contributed by atoms with van der Waals surface area (Å²) in [6.45, 7) is 4.18. The number of hydrogen-bond donors (Lipinski definition) is 1. The largest absolute Gasteiger partial charge is 0.392 e. The minimum atomic E-state index is -0.477. The van der Waals surface area contributed by atoms with Gasteiger partial charge in [-0.2, -0.15) is 0 Å². The third kappa shape index (κ3) is 5.32. The fourth-order valence-electron chi connectivity index (χ4n) is 2.75. The van der Waals surface area contributed by atoms with Crippen molar-refractivity contribution >= 4 is 5.78 Å². The van der Waals surface area contributed by atoms with Gasteiger partial charge in [0.05, 0.1) is 6.10 Å². The van der Waals surface area contributed by atoms with E-state index >= 15 is 0 Å². The van der Waals surface area contributed by atoms with Crippen LogP contribution in [0, 0.1) is 11.8 Å². The van der Waals surface area contributed by atoms with Gasteiger partial charge in [-0.1, -0.05) is 50.5 Å². The molecular weight excluding hydrogens is 236 g/mol. The zero-order chi connectivity index (χ0) is 14.1. The van der Waals surface area contributed by atoms with Gasteiger partial charge in [0.15, 0.2) is 0 Å². The maximum absolute atomic E-state index is 11.8. The predicted molar refractivity (Wildman–Crippen MR) is 79.9 cm³/mol. The molecule has 1 saturated carbocycles. The number of Topliss-reactive ketones (excluding diaryl/α,β-unsaturated/α-hetero) is 1. The van der Waals surface area contributed by atoms with Gasteiger partial charge >= 0.3 is 0 Å². The summed E-state index contributed by atoms with van der Waals surface area (Å²) in [6.07, 6.45) is 14.9. The van der Waals surface area contributed by atoms with Gasteiger partial charge in [0.1, 0.15) is 5.78 Å². The van der Waals surface area contributed by atoms with Gasteiger partial charge in [-0.25, -0.2) is 0 Å². The van der Waals surface area contributed by atoms with Crippen LogP contribution in [0.2, 0.25) is 0 Å². The van der Waals surface area contributed by atoms with Crippen LogP contribution in [0.4, 0.5) is 0 Å². The van der Waals surface area contributed by atoms with Crippen molar-refractivity contribution in [1.82, 2.24) is 0 Å². The van der Waals surface area contributed by atoms with Crippen LogP contribution in [-0.4, -0.2) is 17.0 Å². The lowest BCUT2D eigenvalue weighted by Gasteiger charge is -2.15. The molecule has 3 atom stereocenters. The van der Waals surface area contributed by atoms with Gasteiger partial charge in [0.2, 0.25) is 0 Å². The molecule has 0 amide bonds. The van der Waals surface area contributed by atoms with Crippen LogP contribution in [0.15, 0.2) is 24.3 Å². The van der Waals surface area contributed by atoms with Crippen LogP contribution in [0.3, 0.4) is 0 Å². The van der Waals surface area contributed by atoms with Crippen LogP contribution >= 0.6 is 0 Å². The highest BCUT2D eigenvalue weighted by Crippen LogP contribution is 2.33. The molecule has 1 fully saturated rings. The minimum absolute atomic E-state index is 0.0157. The quantitative estimate of drug-likeness (QED) is 0.530. The van der Waals surface area contributed by atoms with E-state index in [0.717, 1.165) is 12.8 Å². The molecule has 108 valence electrons. The van der Waals surface area contributed by atoms with E-state index in [9.17, 15) is 9.90 Å². The number of hydrogen-bond acceptors (Lipinski definition) is 2. The second-order valence-corrected chi connectivity index (χ2v) is 5.50. The molecule has 0 radical (unpaired) electrons. The lowest BCUT2D eigenvalue weighted by atomic mass is 9.90. The van der Waals surface area contributed by atoms with E-state index < -0.39 is 6.10 Å². The normalized spacial score (nSPS) is 27.9. The number of ketones is 1. The molecule has 0 unspecified atom stereocenters. The number of carbonyl (C=O) groups is 1. The van der Waals surface area contributed by atoms with Gasteiger partial charge in [-0.3, -0.25) is 4.79 Å². The Morgan fingerprint density at radius 1 is 1.26 bits per heavy atom. The molecule has 0 saturated heterocycles. The molecule has 2 heteroatoms. The van der Waals surface area contributed by atoms with Crippen molar-refractivity contribution in [3.63, 3.8) is 0 Å². The Morgan fingerprint density at radius 2 is 2.05 bits per heavy atom. The summed E-state index contributed by atoms with van der Waals surface area (Å²) >= 11 is 0. The third-order valence-corrected chi connectivity index (χ3v) is 3.94. The van der Waals surface area contributed by atoms with Crippen LogP contribution < -0.4 is 0 Å². The summed E-state index contributed by atoms with van der Waals surface area (Å²) in [5.74, 6) is 0.221. The number of aliphatic hydroxyl groups is 1. The van der Waals surface area contributed by atoms with Crippen molar-refractivity contribution in [2.24, 2.45) is 11.8 Å². The fourth-order valence-corrected chi connectivity index (χ4v) is 2.75. The molecule has 2 nitrogen and oxygen atoms in total. The van der Waals surface area contributed by atoms with E-state index in [1.165, 1.54) is 25.7 Å². The molecule has 0 aromatic carbocycles. The number of allylic oxidation sites excluding steroid dienone is 3. The smallest absolute Gasteiger partial charge is 0.139 e. The third-order valence-electron chi connectivity index (χ3n) is 3.94. The standard InChI is InChI=1S/C17H28O2/c1-3-5-7-8-9-10-12-15-14(11-6-4-2)16(18)13-17(15)19/h4,6,10,12,14-15,17,19H,3,5,7-9,11,13H2,1-2H3/b6-4-,12-10+/t14-,15-,17-/m1/s1. The molecule has 19 heavy (non-hydrogen) atoms. The Hall–Kier alpha value is -0.890. The first-order chi connectivity index (χ1) is 9.20. The number of unbranched alkanes of at least 4 members (excludes halogenated alkanes) is 4. The van der Waals surface area contributed by atoms with Crippen molar-refractivity contribution in [2.75, 3.05) is 0 Å². The predicted octanol–water partition coefficient (Wildman–Crippen LogP) is 4.05. The van der Waals surface area contributed by atoms with E-state index in [4.69, 9.17) is 0 Å². The van der Waals surface area contributed by atoms with Crippen molar-refractivity contribution in [3.8, 4) is 0 Å². The molecule has 0 aromatic rings. The van der Waals surface area contributed by atoms with E-state index in [0.29, 0.717) is 6.42 Å². The minimum Gasteiger partial charge on any atom is -0.392 e. The first-order valence-corrected chi connectivity index (χ1v) is 7.69. The number of rotatable bonds is 8. The Balaban J connectivity index is 2.43. The molecule has 0 aromatic heterocycles. The number of aliphatic hydroxyl groups excluding tert-OH is 1. The molecule has 1 rings (SSSR count). The summed E-state index contributed by atoms with van der Waals surface area (Å²) in [6, 6.07) is 0. The van der Waals surface area contributed by atoms with Crippen LogP contribution in [0.1, 0.15) is 58.8 Å². The van der Waals surface area contributed by atoms with Gasteiger partial charge in [0.25, 0.3) is 0 Å². The van der Waals surface area contributed by atoms with Crippen molar-refractivity contribution < 1.29 is 9.90 Å². The summed E-state index contributed by atoms with van der Waals surface area (Å²) in [5.41, 5.74) is 0. The summed E-state index contributed by atoms with van der Waals surface area (Å²) < 4.78 is 0. The van der Waals surface area contributed by atoms with Crippen LogP contribution in [0.25, 0.3) is 0 Å². The lowest BCUT2D eigenvalue weighted by molar-refractivity contribution is -0.121. The Bertz CT molecular complexity index is 317. The zero-order valence-corrected chi connectivity index (χ0v) is 12.3. The van der Waals surface area contributed by atoms with Crippen LogP contribution in [-0.2, 0) is 4.79 Å². The molecule has 1 aliphatic rings. The average Bonchev–Trinajstić information content (AvgIpc) is 2.66. The molecular formula is C17H28O2. The fraction of sp³-hybridized carbons (Fsp3) is 0.706. The SMILES string of the molecule is C/C=C\C[C@H]1C(=O)C[C@@H](O)[C@@H]1/C=C/CCCCCC. The first-order valence-electron chi connectivity index (χ1n) is 7.69. The second kappa shape index (κ2) is 9.08. The van der Waals surface area contributed by atoms with E-state index in [1.807, 2.05) is 19.1 Å². The Morgan fingerprint density at radius 3 is 2.74 bits per heavy atom. The second-order valence-electron chi connectivity index (χ2n) is 5.50. The van der Waals surface area contributed by atoms with Crippen molar-refractivity contribution in [3.05, 3.63) is 24.3 Å². The van der Waals surface area contributed by atoms with E-state index in [-0.39, 0.29) is 17.6 Å². The molecule has 0 spiro atoms. The highest BCUT2D eigenvalue weighted by atomic mass is 16.3. The first kappa shape index (κ1) is 16.2. The average molecular weight is 264 g/mol. The topological polar surface area (TPSA) is 37.3 Å². The summed E-state index contributed by atoms with van der Waals surface area (Å²) in [5, 5.41) is 9.97. The highest BCUT2D eigenvalue weighted by molar-refractivity contribution is 5.84. The Kier molecular flexibility index (Phi) is 7.73. The van der Waals surface area contributed by atoms with Crippen molar-refractivity contribution in [2.45, 2.75) is 64.9 Å². The number of carbonyl (C=O) groups excluding carboxylic acids is 1. The van der Waals surface area contributed by atoms with Crippen LogP contribution in [0.5, 0.6) is 0 Å². The molecule has 0 heterocycles. The summed E-state index contributed by atoms with van der Waals surface area (Å²) in [4.78, 5) is 11.8. The zero-order valence-electron chi connectivity index (χ0n) is 12.3.